The highest BCUT2D eigenvalue weighted by Crippen LogP contribution is 2.38. The topological polar surface area (TPSA) is 32.3 Å². The molecule has 0 saturated carbocycles. The van der Waals surface area contributed by atoms with Crippen LogP contribution in [0.3, 0.4) is 0 Å². The summed E-state index contributed by atoms with van der Waals surface area (Å²) in [7, 11) is 0. The summed E-state index contributed by atoms with van der Waals surface area (Å²) in [5.74, 6) is 0.580. The summed E-state index contributed by atoms with van der Waals surface area (Å²) in [6.07, 6.45) is 0.860. The van der Waals surface area contributed by atoms with Crippen LogP contribution < -0.4 is 5.32 Å². The van der Waals surface area contributed by atoms with Crippen molar-refractivity contribution in [3.63, 3.8) is 0 Å². The van der Waals surface area contributed by atoms with Gasteiger partial charge in [0.2, 0.25) is 0 Å². The molecule has 1 N–H and O–H groups in total. The lowest BCUT2D eigenvalue weighted by molar-refractivity contribution is 0.214. The third kappa shape index (κ3) is 3.50. The highest BCUT2D eigenvalue weighted by Gasteiger charge is 2.31. The first-order chi connectivity index (χ1) is 11.2. The fraction of sp³-hybridized carbons (Fsp3) is 0.278. The van der Waals surface area contributed by atoms with Crippen LogP contribution in [0.25, 0.3) is 0 Å². The molecule has 1 unspecified atom stereocenters. The molecule has 120 valence electrons. The summed E-state index contributed by atoms with van der Waals surface area (Å²) in [6.45, 7) is 2.72. The third-order valence-corrected chi connectivity index (χ3v) is 5.19. The van der Waals surface area contributed by atoms with Gasteiger partial charge in [0.25, 0.3) is 0 Å². The van der Waals surface area contributed by atoms with Crippen LogP contribution in [0.4, 0.5) is 14.9 Å². The van der Waals surface area contributed by atoms with Crippen molar-refractivity contribution in [1.29, 1.82) is 0 Å². The quantitative estimate of drug-likeness (QED) is 0.887. The standard InChI is InChI=1S/C18H19FN2OS/c1-2-13-6-3-4-9-16(13)20-18(22)21-10-11-23-17(21)14-7-5-8-15(19)12-14/h3-9,12,17H,2,10-11H2,1H3,(H,20,22). The summed E-state index contributed by atoms with van der Waals surface area (Å²) in [5.41, 5.74) is 2.77. The molecule has 5 heteroatoms. The van der Waals surface area contributed by atoms with Crippen molar-refractivity contribution in [1.82, 2.24) is 4.90 Å². The lowest BCUT2D eigenvalue weighted by Gasteiger charge is -2.25. The number of carbonyl (C=O) groups is 1. The molecule has 23 heavy (non-hydrogen) atoms. The molecule has 2 aromatic rings. The molecule has 0 spiro atoms. The molecule has 1 atom stereocenters. The van der Waals surface area contributed by atoms with Gasteiger partial charge in [0.1, 0.15) is 11.2 Å². The van der Waals surface area contributed by atoms with Gasteiger partial charge in [-0.3, -0.25) is 0 Å². The Kier molecular flexibility index (Phi) is 4.86. The molecule has 1 heterocycles. The molecule has 0 radical (unpaired) electrons. The molecule has 2 aromatic carbocycles. The lowest BCUT2D eigenvalue weighted by atomic mass is 10.1. The van der Waals surface area contributed by atoms with E-state index in [2.05, 4.69) is 12.2 Å². The van der Waals surface area contributed by atoms with Gasteiger partial charge in [0, 0.05) is 18.0 Å². The molecule has 0 aliphatic carbocycles. The van der Waals surface area contributed by atoms with E-state index in [1.165, 1.54) is 12.1 Å². The smallest absolute Gasteiger partial charge is 0.308 e. The Morgan fingerprint density at radius 2 is 2.13 bits per heavy atom. The first kappa shape index (κ1) is 15.9. The number of rotatable bonds is 3. The number of halogens is 1. The van der Waals surface area contributed by atoms with Crippen LogP contribution in [0.15, 0.2) is 48.5 Å². The van der Waals surface area contributed by atoms with E-state index in [1.54, 1.807) is 22.7 Å². The zero-order chi connectivity index (χ0) is 16.2. The fourth-order valence-corrected chi connectivity index (χ4v) is 4.00. The van der Waals surface area contributed by atoms with E-state index >= 15 is 0 Å². The number of anilines is 1. The van der Waals surface area contributed by atoms with Crippen LogP contribution in [0, 0.1) is 5.82 Å². The van der Waals surface area contributed by atoms with Crippen LogP contribution in [0.1, 0.15) is 23.4 Å². The Balaban J connectivity index is 1.78. The molecule has 3 nitrogen and oxygen atoms in total. The van der Waals surface area contributed by atoms with E-state index in [-0.39, 0.29) is 17.2 Å². The van der Waals surface area contributed by atoms with Gasteiger partial charge in [-0.05, 0) is 35.7 Å². The molecule has 1 saturated heterocycles. The number of thioether (sulfide) groups is 1. The monoisotopic (exact) mass is 330 g/mol. The minimum absolute atomic E-state index is 0.134. The maximum Gasteiger partial charge on any atom is 0.323 e. The van der Waals surface area contributed by atoms with Gasteiger partial charge in [-0.25, -0.2) is 9.18 Å². The van der Waals surface area contributed by atoms with Gasteiger partial charge in [0.05, 0.1) is 0 Å². The molecular formula is C18H19FN2OS. The molecule has 0 bridgehead atoms. The summed E-state index contributed by atoms with van der Waals surface area (Å²) < 4.78 is 13.5. The lowest BCUT2D eigenvalue weighted by Crippen LogP contribution is -2.34. The average molecular weight is 330 g/mol. The minimum atomic E-state index is -0.272. The summed E-state index contributed by atoms with van der Waals surface area (Å²) in [4.78, 5) is 14.4. The van der Waals surface area contributed by atoms with Crippen molar-refractivity contribution >= 4 is 23.5 Å². The fourth-order valence-electron chi connectivity index (χ4n) is 2.75. The maximum atomic E-state index is 13.5. The number of aryl methyl sites for hydroxylation is 1. The van der Waals surface area contributed by atoms with E-state index in [4.69, 9.17) is 0 Å². The molecule has 0 aromatic heterocycles. The van der Waals surface area contributed by atoms with Gasteiger partial charge >= 0.3 is 6.03 Å². The highest BCUT2D eigenvalue weighted by molar-refractivity contribution is 7.99. The van der Waals surface area contributed by atoms with E-state index < -0.39 is 0 Å². The first-order valence-corrected chi connectivity index (χ1v) is 8.76. The normalized spacial score (nSPS) is 17.3. The number of para-hydroxylation sites is 1. The van der Waals surface area contributed by atoms with E-state index in [0.29, 0.717) is 6.54 Å². The zero-order valence-corrected chi connectivity index (χ0v) is 13.8. The minimum Gasteiger partial charge on any atom is -0.308 e. The molecule has 1 fully saturated rings. The van der Waals surface area contributed by atoms with Crippen molar-refractivity contribution in [2.45, 2.75) is 18.7 Å². The SMILES string of the molecule is CCc1ccccc1NC(=O)N1CCSC1c1cccc(F)c1. The van der Waals surface area contributed by atoms with Gasteiger partial charge in [-0.15, -0.1) is 11.8 Å². The van der Waals surface area contributed by atoms with Crippen LogP contribution in [0.5, 0.6) is 0 Å². The Hall–Kier alpha value is -2.01. The van der Waals surface area contributed by atoms with Gasteiger partial charge in [0.15, 0.2) is 0 Å². The number of amides is 2. The Bertz CT molecular complexity index is 707. The third-order valence-electron chi connectivity index (χ3n) is 3.93. The second-order valence-corrected chi connectivity index (χ2v) is 6.60. The van der Waals surface area contributed by atoms with E-state index in [0.717, 1.165) is 29.0 Å². The number of hydrogen-bond donors (Lipinski definition) is 1. The van der Waals surface area contributed by atoms with Crippen molar-refractivity contribution in [3.05, 3.63) is 65.5 Å². The Labute approximate surface area is 139 Å². The summed E-state index contributed by atoms with van der Waals surface area (Å²) >= 11 is 1.66. The molecule has 3 rings (SSSR count). The zero-order valence-electron chi connectivity index (χ0n) is 13.0. The number of urea groups is 1. The Morgan fingerprint density at radius 3 is 2.91 bits per heavy atom. The van der Waals surface area contributed by atoms with Gasteiger partial charge in [-0.1, -0.05) is 37.3 Å². The Morgan fingerprint density at radius 1 is 1.30 bits per heavy atom. The number of carbonyl (C=O) groups excluding carboxylic acids is 1. The van der Waals surface area contributed by atoms with Gasteiger partial charge < -0.3 is 10.2 Å². The number of hydrogen-bond acceptors (Lipinski definition) is 2. The van der Waals surface area contributed by atoms with E-state index in [1.807, 2.05) is 30.3 Å². The van der Waals surface area contributed by atoms with Gasteiger partial charge in [-0.2, -0.15) is 0 Å². The van der Waals surface area contributed by atoms with Crippen LogP contribution in [-0.2, 0) is 6.42 Å². The van der Waals surface area contributed by atoms with Crippen molar-refractivity contribution in [2.24, 2.45) is 0 Å². The maximum absolute atomic E-state index is 13.5. The predicted octanol–water partition coefficient (Wildman–Crippen LogP) is 4.67. The predicted molar refractivity (Wildman–Crippen MR) is 93.1 cm³/mol. The van der Waals surface area contributed by atoms with Crippen molar-refractivity contribution in [3.8, 4) is 0 Å². The van der Waals surface area contributed by atoms with Crippen LogP contribution in [0.2, 0.25) is 0 Å². The van der Waals surface area contributed by atoms with Crippen LogP contribution in [-0.4, -0.2) is 23.2 Å². The number of benzene rings is 2. The molecule has 1 aliphatic rings. The van der Waals surface area contributed by atoms with Crippen molar-refractivity contribution in [2.75, 3.05) is 17.6 Å². The first-order valence-electron chi connectivity index (χ1n) is 7.71. The second kappa shape index (κ2) is 7.04. The second-order valence-electron chi connectivity index (χ2n) is 5.41. The summed E-state index contributed by atoms with van der Waals surface area (Å²) in [5, 5.41) is 2.86. The number of nitrogens with one attached hydrogen (secondary N) is 1. The van der Waals surface area contributed by atoms with Crippen LogP contribution >= 0.6 is 11.8 Å². The largest absolute Gasteiger partial charge is 0.323 e. The molecular weight excluding hydrogens is 311 g/mol. The molecule has 2 amide bonds. The van der Waals surface area contributed by atoms with Crippen molar-refractivity contribution < 1.29 is 9.18 Å². The number of nitrogens with zero attached hydrogens (tertiary/aromatic N) is 1. The van der Waals surface area contributed by atoms with E-state index in [9.17, 15) is 9.18 Å². The molecule has 1 aliphatic heterocycles. The summed E-state index contributed by atoms with van der Waals surface area (Å²) in [6, 6.07) is 14.2. The average Bonchev–Trinajstić information content (AvgIpc) is 3.05. The highest BCUT2D eigenvalue weighted by atomic mass is 32.2.